The van der Waals surface area contributed by atoms with Crippen molar-refractivity contribution in [3.63, 3.8) is 0 Å². The lowest BCUT2D eigenvalue weighted by Crippen LogP contribution is -2.39. The Balaban J connectivity index is 1.30. The molecule has 3 aromatic rings. The smallest absolute Gasteiger partial charge is 0.263 e. The van der Waals surface area contributed by atoms with Gasteiger partial charge in [0.15, 0.2) is 12.1 Å². The zero-order valence-electron chi connectivity index (χ0n) is 20.0. The second kappa shape index (κ2) is 8.94. The zero-order chi connectivity index (χ0) is 24.7. The third-order valence-electron chi connectivity index (χ3n) is 5.93. The van der Waals surface area contributed by atoms with Crippen molar-refractivity contribution >= 4 is 17.5 Å². The van der Waals surface area contributed by atoms with Crippen molar-refractivity contribution in [3.05, 3.63) is 60.0 Å². The number of anilines is 1. The summed E-state index contributed by atoms with van der Waals surface area (Å²) in [6.45, 7) is 8.16. The number of hydrogen-bond acceptors (Lipinski definition) is 9. The highest BCUT2D eigenvalue weighted by molar-refractivity contribution is 6.25. The van der Waals surface area contributed by atoms with Crippen LogP contribution in [0.2, 0.25) is 0 Å². The number of ether oxygens (including phenoxy) is 1. The highest BCUT2D eigenvalue weighted by atomic mass is 16.5. The van der Waals surface area contributed by atoms with E-state index in [4.69, 9.17) is 9.26 Å². The van der Waals surface area contributed by atoms with Gasteiger partial charge >= 0.3 is 0 Å². The van der Waals surface area contributed by atoms with Gasteiger partial charge in [-0.2, -0.15) is 10.1 Å². The molecule has 1 fully saturated rings. The van der Waals surface area contributed by atoms with E-state index in [-0.39, 0.29) is 24.4 Å². The molecular weight excluding hydrogens is 448 g/mol. The van der Waals surface area contributed by atoms with Gasteiger partial charge in [0.1, 0.15) is 12.3 Å². The third-order valence-corrected chi connectivity index (χ3v) is 5.93. The second-order valence-corrected chi connectivity index (χ2v) is 9.15. The number of carbonyl (C=O) groups excluding carboxylic acids is 2. The average Bonchev–Trinajstić information content (AvgIpc) is 3.52. The lowest BCUT2D eigenvalue weighted by Gasteiger charge is -2.19. The summed E-state index contributed by atoms with van der Waals surface area (Å²) in [5.74, 6) is 1.01. The number of hydrogen-bond donors (Lipinski definition) is 0. The van der Waals surface area contributed by atoms with Crippen LogP contribution < -0.4 is 9.64 Å². The number of carbonyl (C=O) groups is 2. The fraction of sp³-hybridized carbons (Fsp3) is 0.360. The van der Waals surface area contributed by atoms with E-state index in [1.165, 1.54) is 9.91 Å². The van der Waals surface area contributed by atoms with Gasteiger partial charge in [0.05, 0.1) is 11.8 Å². The quantitative estimate of drug-likeness (QED) is 0.473. The Hall–Kier alpha value is -4.08. The van der Waals surface area contributed by atoms with Crippen molar-refractivity contribution in [1.82, 2.24) is 15.1 Å². The fourth-order valence-electron chi connectivity index (χ4n) is 4.15. The van der Waals surface area contributed by atoms with Gasteiger partial charge in [-0.1, -0.05) is 36.4 Å². The predicted octanol–water partition coefficient (Wildman–Crippen LogP) is 4.14. The lowest BCUT2D eigenvalue weighted by atomic mass is 10.0. The molecule has 0 aliphatic carbocycles. The Kier molecular flexibility index (Phi) is 5.80. The van der Waals surface area contributed by atoms with Crippen molar-refractivity contribution in [3.8, 4) is 17.1 Å². The number of nitrogens with zero attached hydrogens (tertiary/aromatic N) is 6. The van der Waals surface area contributed by atoms with Crippen LogP contribution in [0.1, 0.15) is 45.1 Å². The van der Waals surface area contributed by atoms with Crippen LogP contribution >= 0.6 is 0 Å². The van der Waals surface area contributed by atoms with E-state index in [1.54, 1.807) is 12.1 Å². The summed E-state index contributed by atoms with van der Waals surface area (Å²) in [5.41, 5.74) is 2.42. The van der Waals surface area contributed by atoms with E-state index >= 15 is 0 Å². The zero-order valence-corrected chi connectivity index (χ0v) is 20.0. The number of imide groups is 1. The number of aromatic nitrogens is 2. The fourth-order valence-corrected chi connectivity index (χ4v) is 4.15. The van der Waals surface area contributed by atoms with Crippen molar-refractivity contribution in [1.29, 1.82) is 0 Å². The molecule has 3 heterocycles. The largest absolute Gasteiger partial charge is 0.491 e. The summed E-state index contributed by atoms with van der Waals surface area (Å²) in [4.78, 5) is 31.8. The van der Waals surface area contributed by atoms with Crippen molar-refractivity contribution < 1.29 is 18.8 Å². The van der Waals surface area contributed by atoms with Gasteiger partial charge in [-0.25, -0.2) is 4.90 Å². The molecule has 0 bridgehead atoms. The minimum absolute atomic E-state index is 0.0609. The third kappa shape index (κ3) is 4.27. The number of benzene rings is 2. The minimum Gasteiger partial charge on any atom is -0.491 e. The summed E-state index contributed by atoms with van der Waals surface area (Å²) >= 11 is 0. The monoisotopic (exact) mass is 474 g/mol. The topological polar surface area (TPSA) is 113 Å². The molecule has 10 heteroatoms. The maximum Gasteiger partial charge on any atom is 0.263 e. The first-order valence-electron chi connectivity index (χ1n) is 11.6. The van der Waals surface area contributed by atoms with Gasteiger partial charge in [-0.3, -0.25) is 14.6 Å². The molecule has 2 aromatic carbocycles. The Morgan fingerprint density at radius 1 is 0.971 bits per heavy atom. The van der Waals surface area contributed by atoms with Gasteiger partial charge in [0, 0.05) is 5.56 Å². The summed E-state index contributed by atoms with van der Waals surface area (Å²) < 4.78 is 11.0. The maximum atomic E-state index is 13.2. The Morgan fingerprint density at radius 2 is 1.69 bits per heavy atom. The van der Waals surface area contributed by atoms with Gasteiger partial charge in [-0.05, 0) is 61.7 Å². The molecule has 2 aliphatic rings. The number of rotatable bonds is 7. The number of fused-ring (bicyclic) bond motifs is 1. The molecule has 0 spiro atoms. The second-order valence-electron chi connectivity index (χ2n) is 9.15. The lowest BCUT2D eigenvalue weighted by molar-refractivity contribution is -0.123. The normalized spacial score (nSPS) is 19.4. The molecule has 1 saturated heterocycles. The van der Waals surface area contributed by atoms with E-state index in [9.17, 15) is 9.59 Å². The summed E-state index contributed by atoms with van der Waals surface area (Å²) in [5, 5.41) is 13.6. The molecule has 0 unspecified atom stereocenters. The van der Waals surface area contributed by atoms with Gasteiger partial charge in [0.2, 0.25) is 11.7 Å². The summed E-state index contributed by atoms with van der Waals surface area (Å²) in [7, 11) is 0. The van der Waals surface area contributed by atoms with Crippen molar-refractivity contribution in [2.75, 3.05) is 4.90 Å². The molecule has 180 valence electrons. The molecule has 5 rings (SSSR count). The molecule has 0 N–H and O–H groups in total. The van der Waals surface area contributed by atoms with Crippen LogP contribution in [0.25, 0.3) is 11.4 Å². The van der Waals surface area contributed by atoms with Crippen LogP contribution in [-0.4, -0.2) is 45.2 Å². The molecular formula is C25H26N6O4. The van der Waals surface area contributed by atoms with E-state index in [0.717, 1.165) is 16.9 Å². The molecule has 0 saturated carbocycles. The van der Waals surface area contributed by atoms with E-state index in [1.807, 2.05) is 50.2 Å². The van der Waals surface area contributed by atoms with Gasteiger partial charge in [0.25, 0.3) is 11.8 Å². The maximum absolute atomic E-state index is 13.2. The molecule has 2 aliphatic heterocycles. The minimum atomic E-state index is -0.886. The van der Waals surface area contributed by atoms with Crippen LogP contribution in [0.15, 0.2) is 63.4 Å². The SMILES string of the molecule is CC(C)Oc1ccc(-c2noc(CN3N=N[C@@H]4C(=O)N(c5ccc(C(C)C)cc5)C(=O)[C@H]43)n2)cc1. The molecule has 35 heavy (non-hydrogen) atoms. The van der Waals surface area contributed by atoms with E-state index in [0.29, 0.717) is 17.4 Å². The van der Waals surface area contributed by atoms with Gasteiger partial charge in [-0.15, -0.1) is 0 Å². The van der Waals surface area contributed by atoms with Crippen molar-refractivity contribution in [2.24, 2.45) is 10.3 Å². The first kappa shape index (κ1) is 22.7. The van der Waals surface area contributed by atoms with Crippen molar-refractivity contribution in [2.45, 2.75) is 58.3 Å². The van der Waals surface area contributed by atoms with Crippen LogP contribution in [-0.2, 0) is 16.1 Å². The Bertz CT molecular complexity index is 1270. The van der Waals surface area contributed by atoms with Crippen LogP contribution in [0, 0.1) is 0 Å². The van der Waals surface area contributed by atoms with E-state index < -0.39 is 18.0 Å². The summed E-state index contributed by atoms with van der Waals surface area (Å²) in [6.07, 6.45) is 0.0802. The average molecular weight is 475 g/mol. The predicted molar refractivity (Wildman–Crippen MR) is 126 cm³/mol. The first-order chi connectivity index (χ1) is 16.8. The number of amides is 2. The Morgan fingerprint density at radius 3 is 2.34 bits per heavy atom. The highest BCUT2D eigenvalue weighted by Gasteiger charge is 2.55. The van der Waals surface area contributed by atoms with Crippen LogP contribution in [0.4, 0.5) is 5.69 Å². The first-order valence-corrected chi connectivity index (χ1v) is 11.6. The Labute approximate surface area is 202 Å². The standard InChI is InChI=1S/C25H26N6O4/c1-14(2)16-5-9-18(10-6-16)31-24(32)21-22(25(31)33)30(29-27-21)13-20-26-23(28-35-20)17-7-11-19(12-8-17)34-15(3)4/h5-12,14-15,21-22H,13H2,1-4H3/t21-,22-/m0/s1. The highest BCUT2D eigenvalue weighted by Crippen LogP contribution is 2.33. The van der Waals surface area contributed by atoms with Crippen LogP contribution in [0.3, 0.4) is 0 Å². The van der Waals surface area contributed by atoms with Gasteiger partial charge < -0.3 is 9.26 Å². The van der Waals surface area contributed by atoms with E-state index in [2.05, 4.69) is 34.3 Å². The molecule has 1 aromatic heterocycles. The molecule has 0 radical (unpaired) electrons. The molecule has 2 atom stereocenters. The molecule has 10 nitrogen and oxygen atoms in total. The van der Waals surface area contributed by atoms with Crippen LogP contribution in [0.5, 0.6) is 5.75 Å². The molecule has 2 amide bonds. The summed E-state index contributed by atoms with van der Waals surface area (Å²) in [6, 6.07) is 13.1.